The van der Waals surface area contributed by atoms with Gasteiger partial charge in [0.25, 0.3) is 5.91 Å². The molecule has 3 heterocycles. The number of nitrogens with two attached hydrogens (primary N) is 1. The molecule has 3 atom stereocenters. The SMILES string of the molecule is NC(=O)c1nn(CC(=O)N2[C@@H]3C[C@@H]3C[C@H]2C(=O)Nc2nc(Br)cs2)c2ccccc12. The summed E-state index contributed by atoms with van der Waals surface area (Å²) in [6, 6.07) is 6.67. The zero-order chi connectivity index (χ0) is 21.0. The van der Waals surface area contributed by atoms with Crippen LogP contribution in [0.2, 0.25) is 0 Å². The van der Waals surface area contributed by atoms with Gasteiger partial charge in [0.15, 0.2) is 10.8 Å². The number of para-hydroxylation sites is 1. The lowest BCUT2D eigenvalue weighted by atomic mass is 10.1. The third kappa shape index (κ3) is 3.27. The van der Waals surface area contributed by atoms with E-state index in [1.54, 1.807) is 28.5 Å². The van der Waals surface area contributed by atoms with Crippen molar-refractivity contribution in [1.82, 2.24) is 19.7 Å². The Kier molecular flexibility index (Phi) is 4.58. The topological polar surface area (TPSA) is 123 Å². The Morgan fingerprint density at radius 1 is 1.27 bits per heavy atom. The van der Waals surface area contributed by atoms with Crippen LogP contribution in [0.4, 0.5) is 5.13 Å². The van der Waals surface area contributed by atoms with E-state index in [1.807, 2.05) is 6.07 Å². The van der Waals surface area contributed by atoms with E-state index in [-0.39, 0.29) is 30.1 Å². The highest BCUT2D eigenvalue weighted by atomic mass is 79.9. The van der Waals surface area contributed by atoms with Crippen LogP contribution in [0.1, 0.15) is 23.3 Å². The number of piperidine rings is 1. The van der Waals surface area contributed by atoms with E-state index in [4.69, 9.17) is 5.73 Å². The molecule has 2 aromatic heterocycles. The maximum absolute atomic E-state index is 13.2. The smallest absolute Gasteiger partial charge is 0.269 e. The van der Waals surface area contributed by atoms with Crippen molar-refractivity contribution < 1.29 is 14.4 Å². The molecule has 0 spiro atoms. The molecule has 11 heteroatoms. The number of likely N-dealkylation sites (tertiary alicyclic amines) is 1. The Morgan fingerprint density at radius 2 is 2.07 bits per heavy atom. The van der Waals surface area contributed by atoms with Crippen molar-refractivity contribution >= 4 is 61.0 Å². The molecule has 0 bridgehead atoms. The summed E-state index contributed by atoms with van der Waals surface area (Å²) in [6.45, 7) is -0.0659. The molecule has 3 aromatic rings. The zero-order valence-corrected chi connectivity index (χ0v) is 18.0. The van der Waals surface area contributed by atoms with Crippen molar-refractivity contribution in [2.24, 2.45) is 11.7 Å². The number of nitrogens with zero attached hydrogens (tertiary/aromatic N) is 4. The van der Waals surface area contributed by atoms with Gasteiger partial charge in [-0.1, -0.05) is 18.2 Å². The highest BCUT2D eigenvalue weighted by Crippen LogP contribution is 2.48. The van der Waals surface area contributed by atoms with Crippen molar-refractivity contribution in [2.45, 2.75) is 31.5 Å². The third-order valence-corrected chi connectivity index (χ3v) is 7.04. The minimum absolute atomic E-state index is 0.0659. The lowest BCUT2D eigenvalue weighted by molar-refractivity contribution is -0.138. The first-order chi connectivity index (χ1) is 14.4. The monoisotopic (exact) mass is 488 g/mol. The van der Waals surface area contributed by atoms with Crippen molar-refractivity contribution in [3.05, 3.63) is 39.9 Å². The third-order valence-electron chi connectivity index (χ3n) is 5.58. The molecule has 30 heavy (non-hydrogen) atoms. The van der Waals surface area contributed by atoms with Crippen LogP contribution in [0.5, 0.6) is 0 Å². The van der Waals surface area contributed by atoms with Crippen LogP contribution in [0.25, 0.3) is 10.9 Å². The second-order valence-corrected chi connectivity index (χ2v) is 9.14. The van der Waals surface area contributed by atoms with Gasteiger partial charge in [-0.05, 0) is 40.8 Å². The summed E-state index contributed by atoms with van der Waals surface area (Å²) in [4.78, 5) is 43.6. The molecule has 1 saturated heterocycles. The van der Waals surface area contributed by atoms with Crippen LogP contribution < -0.4 is 11.1 Å². The predicted molar refractivity (Wildman–Crippen MR) is 114 cm³/mol. The fraction of sp³-hybridized carbons (Fsp3) is 0.316. The van der Waals surface area contributed by atoms with E-state index in [2.05, 4.69) is 31.3 Å². The largest absolute Gasteiger partial charge is 0.364 e. The standard InChI is InChI=1S/C19H17BrN6O3S/c20-14-8-30-19(22-14)23-18(29)13-6-9-5-12(9)26(13)15(27)7-25-11-4-2-1-3-10(11)16(24-25)17(21)28/h1-4,8-9,12-13H,5-7H2,(H2,21,28)(H,22,23,29)/t9-,12-,13+/m1/s1. The first kappa shape index (κ1) is 19.2. The van der Waals surface area contributed by atoms with Gasteiger partial charge in [0.1, 0.15) is 17.2 Å². The quantitative estimate of drug-likeness (QED) is 0.568. The molecule has 3 amide bonds. The first-order valence-corrected chi connectivity index (χ1v) is 11.1. The van der Waals surface area contributed by atoms with Crippen LogP contribution in [0.3, 0.4) is 0 Å². The lowest BCUT2D eigenvalue weighted by Crippen LogP contribution is -2.46. The number of primary amides is 1. The van der Waals surface area contributed by atoms with Gasteiger partial charge in [0, 0.05) is 16.8 Å². The summed E-state index contributed by atoms with van der Waals surface area (Å²) in [6.07, 6.45) is 1.55. The number of fused-ring (bicyclic) bond motifs is 2. The van der Waals surface area contributed by atoms with Crippen molar-refractivity contribution in [3.8, 4) is 0 Å². The Labute approximate surface area is 183 Å². The molecule has 3 N–H and O–H groups in total. The fourth-order valence-corrected chi connectivity index (χ4v) is 5.34. The maximum atomic E-state index is 13.2. The van der Waals surface area contributed by atoms with E-state index >= 15 is 0 Å². The number of aromatic nitrogens is 3. The molecule has 154 valence electrons. The van der Waals surface area contributed by atoms with Gasteiger partial charge >= 0.3 is 0 Å². The number of amides is 3. The van der Waals surface area contributed by atoms with E-state index in [1.165, 1.54) is 16.0 Å². The van der Waals surface area contributed by atoms with Crippen LogP contribution in [0, 0.1) is 5.92 Å². The molecule has 0 radical (unpaired) electrons. The lowest BCUT2D eigenvalue weighted by Gasteiger charge is -2.26. The molecule has 0 unspecified atom stereocenters. The summed E-state index contributed by atoms with van der Waals surface area (Å²) in [7, 11) is 0. The second-order valence-electron chi connectivity index (χ2n) is 7.47. The number of rotatable bonds is 5. The number of hydrogen-bond donors (Lipinski definition) is 2. The average Bonchev–Trinajstić information content (AvgIpc) is 3.03. The highest BCUT2D eigenvalue weighted by molar-refractivity contribution is 9.10. The predicted octanol–water partition coefficient (Wildman–Crippen LogP) is 1.98. The van der Waals surface area contributed by atoms with E-state index in [0.717, 1.165) is 6.42 Å². The van der Waals surface area contributed by atoms with Crippen molar-refractivity contribution in [3.63, 3.8) is 0 Å². The van der Waals surface area contributed by atoms with E-state index in [0.29, 0.717) is 33.0 Å². The number of carbonyl (C=O) groups is 3. The number of anilines is 1. The van der Waals surface area contributed by atoms with Crippen LogP contribution >= 0.6 is 27.3 Å². The van der Waals surface area contributed by atoms with Gasteiger partial charge in [-0.2, -0.15) is 5.10 Å². The fourth-order valence-electron chi connectivity index (χ4n) is 4.19. The van der Waals surface area contributed by atoms with Gasteiger partial charge in [0.05, 0.1) is 5.52 Å². The van der Waals surface area contributed by atoms with E-state index < -0.39 is 11.9 Å². The normalized spacial score (nSPS) is 22.2. The van der Waals surface area contributed by atoms with Gasteiger partial charge in [-0.15, -0.1) is 11.3 Å². The summed E-state index contributed by atoms with van der Waals surface area (Å²) in [5, 5.41) is 9.94. The van der Waals surface area contributed by atoms with Crippen molar-refractivity contribution in [2.75, 3.05) is 5.32 Å². The molecule has 1 aromatic carbocycles. The summed E-state index contributed by atoms with van der Waals surface area (Å²) in [5.41, 5.74) is 6.23. The number of benzene rings is 1. The Bertz CT molecular complexity index is 1190. The zero-order valence-electron chi connectivity index (χ0n) is 15.6. The minimum Gasteiger partial charge on any atom is -0.364 e. The van der Waals surface area contributed by atoms with E-state index in [9.17, 15) is 14.4 Å². The first-order valence-electron chi connectivity index (χ1n) is 9.41. The summed E-state index contributed by atoms with van der Waals surface area (Å²) in [5.74, 6) is -0.735. The average molecular weight is 489 g/mol. The molecule has 1 aliphatic heterocycles. The number of nitrogens with one attached hydrogen (secondary N) is 1. The Balaban J connectivity index is 1.38. The van der Waals surface area contributed by atoms with Gasteiger partial charge in [0.2, 0.25) is 11.8 Å². The molecule has 1 aliphatic carbocycles. The molecular weight excluding hydrogens is 472 g/mol. The Hall–Kier alpha value is -2.79. The molecule has 1 saturated carbocycles. The molecule has 9 nitrogen and oxygen atoms in total. The van der Waals surface area contributed by atoms with Crippen LogP contribution in [0.15, 0.2) is 34.2 Å². The van der Waals surface area contributed by atoms with Gasteiger partial charge in [-0.3, -0.25) is 19.1 Å². The van der Waals surface area contributed by atoms with Gasteiger partial charge < -0.3 is 16.0 Å². The molecule has 2 aliphatic rings. The van der Waals surface area contributed by atoms with Gasteiger partial charge in [-0.25, -0.2) is 4.98 Å². The maximum Gasteiger partial charge on any atom is 0.269 e. The summed E-state index contributed by atoms with van der Waals surface area (Å²) >= 11 is 4.58. The molecule has 2 fully saturated rings. The number of hydrogen-bond acceptors (Lipinski definition) is 6. The number of halogens is 1. The molecule has 5 rings (SSSR count). The second kappa shape index (κ2) is 7.17. The van der Waals surface area contributed by atoms with Crippen LogP contribution in [-0.4, -0.2) is 49.5 Å². The highest BCUT2D eigenvalue weighted by Gasteiger charge is 2.56. The number of carbonyl (C=O) groups excluding carboxylic acids is 3. The molecular formula is C19H17BrN6O3S. The minimum atomic E-state index is -0.646. The van der Waals surface area contributed by atoms with Crippen LogP contribution in [-0.2, 0) is 16.1 Å². The van der Waals surface area contributed by atoms with Crippen molar-refractivity contribution in [1.29, 1.82) is 0 Å². The Morgan fingerprint density at radius 3 is 2.80 bits per heavy atom. The summed E-state index contributed by atoms with van der Waals surface area (Å²) < 4.78 is 2.14. The number of thiazole rings is 1.